The third-order valence-corrected chi connectivity index (χ3v) is 5.79. The first-order chi connectivity index (χ1) is 15.4. The maximum Gasteiger partial charge on any atom is 0.255 e. The predicted octanol–water partition coefficient (Wildman–Crippen LogP) is 5.56. The van der Waals surface area contributed by atoms with Crippen LogP contribution in [0.5, 0.6) is 11.5 Å². The number of ether oxygens (including phenoxy) is 2. The van der Waals surface area contributed by atoms with Gasteiger partial charge in [-0.25, -0.2) is 4.98 Å². The van der Waals surface area contributed by atoms with Gasteiger partial charge in [-0.05, 0) is 51.1 Å². The van der Waals surface area contributed by atoms with Crippen molar-refractivity contribution in [1.82, 2.24) is 10.1 Å². The highest BCUT2D eigenvalue weighted by Crippen LogP contribution is 2.30. The molecule has 0 radical (unpaired) electrons. The molecule has 0 bridgehead atoms. The fraction of sp³-hybridized carbons (Fsp3) is 0.208. The van der Waals surface area contributed by atoms with Crippen LogP contribution in [0.2, 0.25) is 0 Å². The number of hydrogen-bond donors (Lipinski definition) is 1. The van der Waals surface area contributed by atoms with Crippen LogP contribution in [0.15, 0.2) is 52.4 Å². The maximum absolute atomic E-state index is 12.8. The van der Waals surface area contributed by atoms with Crippen LogP contribution >= 0.6 is 11.3 Å². The summed E-state index contributed by atoms with van der Waals surface area (Å²) in [4.78, 5) is 17.3. The van der Waals surface area contributed by atoms with Crippen molar-refractivity contribution >= 4 is 22.9 Å². The molecule has 32 heavy (non-hydrogen) atoms. The predicted molar refractivity (Wildman–Crippen MR) is 124 cm³/mol. The van der Waals surface area contributed by atoms with E-state index < -0.39 is 0 Å². The minimum absolute atomic E-state index is 0.243. The fourth-order valence-electron chi connectivity index (χ4n) is 3.24. The van der Waals surface area contributed by atoms with Crippen LogP contribution in [-0.4, -0.2) is 23.2 Å². The van der Waals surface area contributed by atoms with Crippen molar-refractivity contribution in [2.75, 3.05) is 12.4 Å². The van der Waals surface area contributed by atoms with Gasteiger partial charge in [-0.3, -0.25) is 4.79 Å². The summed E-state index contributed by atoms with van der Waals surface area (Å²) in [6, 6.07) is 12.7. The Morgan fingerprint density at radius 1 is 1.12 bits per heavy atom. The first-order valence-corrected chi connectivity index (χ1v) is 10.9. The van der Waals surface area contributed by atoms with Crippen molar-refractivity contribution < 1.29 is 18.8 Å². The van der Waals surface area contributed by atoms with Crippen LogP contribution < -0.4 is 14.8 Å². The number of aromatic nitrogens is 2. The lowest BCUT2D eigenvalue weighted by atomic mass is 10.1. The number of carbonyl (C=O) groups excluding carboxylic acids is 1. The molecule has 0 aliphatic heterocycles. The first kappa shape index (κ1) is 21.6. The lowest BCUT2D eigenvalue weighted by molar-refractivity contribution is 0.102. The summed E-state index contributed by atoms with van der Waals surface area (Å²) in [7, 11) is 1.54. The molecule has 0 aliphatic rings. The number of amides is 1. The zero-order valence-electron chi connectivity index (χ0n) is 18.3. The van der Waals surface area contributed by atoms with Gasteiger partial charge >= 0.3 is 0 Å². The molecule has 164 valence electrons. The minimum atomic E-state index is -0.243. The van der Waals surface area contributed by atoms with Crippen molar-refractivity contribution in [2.24, 2.45) is 0 Å². The molecule has 0 saturated heterocycles. The molecular weight excluding hydrogens is 426 g/mol. The molecule has 1 amide bonds. The number of aryl methyl sites for hydroxylation is 3. The number of carbonyl (C=O) groups is 1. The zero-order valence-corrected chi connectivity index (χ0v) is 19.1. The zero-order chi connectivity index (χ0) is 22.7. The van der Waals surface area contributed by atoms with Crippen LogP contribution in [0.4, 0.5) is 5.69 Å². The number of anilines is 1. The van der Waals surface area contributed by atoms with Crippen LogP contribution in [0.25, 0.3) is 11.3 Å². The first-order valence-electron chi connectivity index (χ1n) is 10.0. The van der Waals surface area contributed by atoms with E-state index in [4.69, 9.17) is 14.0 Å². The quantitative estimate of drug-likeness (QED) is 0.397. The van der Waals surface area contributed by atoms with Gasteiger partial charge in [0.15, 0.2) is 11.5 Å². The highest BCUT2D eigenvalue weighted by molar-refractivity contribution is 7.09. The second-order valence-electron chi connectivity index (χ2n) is 7.24. The van der Waals surface area contributed by atoms with Crippen LogP contribution in [0.3, 0.4) is 0 Å². The monoisotopic (exact) mass is 449 g/mol. The SMILES string of the molecule is COc1cc(C(=O)Nc2cccc(-c3csc(C)n3)c2)ccc1OCc1c(C)noc1C. The van der Waals surface area contributed by atoms with Crippen molar-refractivity contribution in [1.29, 1.82) is 0 Å². The second-order valence-corrected chi connectivity index (χ2v) is 8.31. The van der Waals surface area contributed by atoms with Gasteiger partial charge in [0, 0.05) is 22.2 Å². The third-order valence-electron chi connectivity index (χ3n) is 5.01. The number of nitrogens with one attached hydrogen (secondary N) is 1. The van der Waals surface area contributed by atoms with Crippen molar-refractivity contribution in [2.45, 2.75) is 27.4 Å². The van der Waals surface area contributed by atoms with Gasteiger partial charge < -0.3 is 19.3 Å². The molecule has 2 aromatic carbocycles. The van der Waals surface area contributed by atoms with Gasteiger partial charge in [0.25, 0.3) is 5.91 Å². The van der Waals surface area contributed by atoms with Gasteiger partial charge in [0.2, 0.25) is 0 Å². The Morgan fingerprint density at radius 3 is 2.66 bits per heavy atom. The van der Waals surface area contributed by atoms with Crippen molar-refractivity contribution in [3.8, 4) is 22.8 Å². The maximum atomic E-state index is 12.8. The summed E-state index contributed by atoms with van der Waals surface area (Å²) >= 11 is 1.59. The molecule has 0 spiro atoms. The lowest BCUT2D eigenvalue weighted by Crippen LogP contribution is -2.12. The summed E-state index contributed by atoms with van der Waals surface area (Å²) in [6.07, 6.45) is 0. The molecule has 0 aliphatic carbocycles. The molecule has 0 atom stereocenters. The minimum Gasteiger partial charge on any atom is -0.493 e. The summed E-state index contributed by atoms with van der Waals surface area (Å²) in [5, 5.41) is 9.87. The lowest BCUT2D eigenvalue weighted by Gasteiger charge is -2.12. The Morgan fingerprint density at radius 2 is 1.97 bits per heavy atom. The topological polar surface area (TPSA) is 86.5 Å². The number of nitrogens with zero attached hydrogens (tertiary/aromatic N) is 2. The second kappa shape index (κ2) is 9.23. The summed E-state index contributed by atoms with van der Waals surface area (Å²) < 4.78 is 16.5. The number of rotatable bonds is 7. The molecule has 0 saturated carbocycles. The van der Waals surface area contributed by atoms with E-state index >= 15 is 0 Å². The van der Waals surface area contributed by atoms with Crippen molar-refractivity contribution in [3.05, 3.63) is 75.4 Å². The Hall–Kier alpha value is -3.65. The molecule has 2 aromatic heterocycles. The Bertz CT molecular complexity index is 1240. The smallest absolute Gasteiger partial charge is 0.255 e. The number of benzene rings is 2. The average Bonchev–Trinajstić information content (AvgIpc) is 3.37. The average molecular weight is 450 g/mol. The van der Waals surface area contributed by atoms with E-state index in [1.807, 2.05) is 50.4 Å². The van der Waals surface area contributed by atoms with E-state index in [2.05, 4.69) is 15.5 Å². The molecule has 0 fully saturated rings. The third kappa shape index (κ3) is 4.65. The number of thiazole rings is 1. The van der Waals surface area contributed by atoms with Gasteiger partial charge in [0.1, 0.15) is 12.4 Å². The summed E-state index contributed by atoms with van der Waals surface area (Å²) in [5.74, 6) is 1.47. The van der Waals surface area contributed by atoms with E-state index in [0.717, 1.165) is 27.5 Å². The van der Waals surface area contributed by atoms with E-state index in [1.54, 1.807) is 36.6 Å². The van der Waals surface area contributed by atoms with Gasteiger partial charge in [-0.2, -0.15) is 0 Å². The van der Waals surface area contributed by atoms with E-state index in [9.17, 15) is 4.79 Å². The molecule has 0 unspecified atom stereocenters. The Kier molecular flexibility index (Phi) is 6.23. The van der Waals surface area contributed by atoms with E-state index in [0.29, 0.717) is 35.1 Å². The van der Waals surface area contributed by atoms with Gasteiger partial charge in [-0.15, -0.1) is 11.3 Å². The molecule has 2 heterocycles. The van der Waals surface area contributed by atoms with E-state index in [-0.39, 0.29) is 5.91 Å². The standard InChI is InChI=1S/C24H23N3O4S/c1-14-20(15(2)31-27-14)12-30-22-9-8-18(11-23(22)29-4)24(28)26-19-7-5-6-17(10-19)21-13-32-16(3)25-21/h5-11,13H,12H2,1-4H3,(H,26,28). The van der Waals surface area contributed by atoms with Crippen LogP contribution in [-0.2, 0) is 6.61 Å². The molecule has 7 nitrogen and oxygen atoms in total. The van der Waals surface area contributed by atoms with Gasteiger partial charge in [-0.1, -0.05) is 17.3 Å². The molecule has 1 N–H and O–H groups in total. The Labute approximate surface area is 190 Å². The van der Waals surface area contributed by atoms with Gasteiger partial charge in [0.05, 0.1) is 29.1 Å². The van der Waals surface area contributed by atoms with Crippen molar-refractivity contribution in [3.63, 3.8) is 0 Å². The highest BCUT2D eigenvalue weighted by atomic mass is 32.1. The highest BCUT2D eigenvalue weighted by Gasteiger charge is 2.15. The summed E-state index contributed by atoms with van der Waals surface area (Å²) in [5.41, 5.74) is 4.67. The van der Waals surface area contributed by atoms with E-state index in [1.165, 1.54) is 0 Å². The molecule has 8 heteroatoms. The molecule has 4 rings (SSSR count). The number of hydrogen-bond acceptors (Lipinski definition) is 7. The Balaban J connectivity index is 1.48. The normalized spacial score (nSPS) is 10.8. The summed E-state index contributed by atoms with van der Waals surface area (Å²) in [6.45, 7) is 5.97. The number of methoxy groups -OCH3 is 1. The molecular formula is C24H23N3O4S. The van der Waals surface area contributed by atoms with Crippen LogP contribution in [0.1, 0.15) is 32.4 Å². The van der Waals surface area contributed by atoms with Crippen LogP contribution in [0, 0.1) is 20.8 Å². The largest absolute Gasteiger partial charge is 0.493 e. The molecule has 4 aromatic rings. The fourth-order valence-corrected chi connectivity index (χ4v) is 3.86.